The first kappa shape index (κ1) is 10.7. The molecular formula is C9H16O3S. The Morgan fingerprint density at radius 1 is 1.54 bits per heavy atom. The summed E-state index contributed by atoms with van der Waals surface area (Å²) in [6, 6.07) is 0. The van der Waals surface area contributed by atoms with Gasteiger partial charge in [-0.15, -0.1) is 0 Å². The minimum Gasteiger partial charge on any atom is -0.392 e. The van der Waals surface area contributed by atoms with Gasteiger partial charge in [0.05, 0.1) is 18.1 Å². The first-order valence-corrected chi connectivity index (χ1v) is 6.33. The molecule has 1 aliphatic rings. The Hall–Kier alpha value is -0.350. The summed E-state index contributed by atoms with van der Waals surface area (Å²) in [5, 5.41) is 8.75. The average Bonchev–Trinajstić information content (AvgIpc) is 2.02. The summed E-state index contributed by atoms with van der Waals surface area (Å²) >= 11 is 0. The minimum atomic E-state index is -2.81. The molecular weight excluding hydrogens is 188 g/mol. The van der Waals surface area contributed by atoms with E-state index >= 15 is 0 Å². The van der Waals surface area contributed by atoms with E-state index < -0.39 is 9.84 Å². The molecule has 0 aliphatic carbocycles. The molecule has 1 heterocycles. The van der Waals surface area contributed by atoms with Crippen LogP contribution in [0.5, 0.6) is 0 Å². The van der Waals surface area contributed by atoms with Gasteiger partial charge in [-0.05, 0) is 25.2 Å². The molecule has 1 unspecified atom stereocenters. The SMILES string of the molecule is C=C(CO)CC1CCCS(=O)(=O)C1. The maximum Gasteiger partial charge on any atom is 0.150 e. The monoisotopic (exact) mass is 204 g/mol. The van der Waals surface area contributed by atoms with Crippen molar-refractivity contribution in [2.24, 2.45) is 5.92 Å². The first-order chi connectivity index (χ1) is 6.03. The summed E-state index contributed by atoms with van der Waals surface area (Å²) in [5.41, 5.74) is 0.738. The standard InChI is InChI=1S/C9H16O3S/c1-8(6-10)5-9-3-2-4-13(11,12)7-9/h9-10H,1-7H2. The van der Waals surface area contributed by atoms with E-state index in [9.17, 15) is 8.42 Å². The normalized spacial score (nSPS) is 27.0. The fraction of sp³-hybridized carbons (Fsp3) is 0.778. The number of aliphatic hydroxyl groups excluding tert-OH is 1. The second kappa shape index (κ2) is 4.24. The van der Waals surface area contributed by atoms with Crippen LogP contribution in [0.2, 0.25) is 0 Å². The molecule has 1 N–H and O–H groups in total. The third kappa shape index (κ3) is 3.48. The quantitative estimate of drug-likeness (QED) is 0.690. The zero-order valence-corrected chi connectivity index (χ0v) is 8.52. The summed E-state index contributed by atoms with van der Waals surface area (Å²) in [6.07, 6.45) is 2.35. The molecule has 0 spiro atoms. The molecule has 3 nitrogen and oxygen atoms in total. The molecule has 0 saturated carbocycles. The van der Waals surface area contributed by atoms with Gasteiger partial charge in [-0.3, -0.25) is 0 Å². The van der Waals surface area contributed by atoms with Gasteiger partial charge in [-0.1, -0.05) is 12.2 Å². The van der Waals surface area contributed by atoms with Gasteiger partial charge in [0.25, 0.3) is 0 Å². The van der Waals surface area contributed by atoms with E-state index in [0.717, 1.165) is 18.4 Å². The van der Waals surface area contributed by atoms with Gasteiger partial charge < -0.3 is 5.11 Å². The molecule has 4 heteroatoms. The molecule has 1 fully saturated rings. The molecule has 1 atom stereocenters. The van der Waals surface area contributed by atoms with E-state index in [-0.39, 0.29) is 18.3 Å². The van der Waals surface area contributed by atoms with Crippen molar-refractivity contribution >= 4 is 9.84 Å². The fourth-order valence-electron chi connectivity index (χ4n) is 1.75. The maximum absolute atomic E-state index is 11.2. The van der Waals surface area contributed by atoms with E-state index in [4.69, 9.17) is 5.11 Å². The third-order valence-corrected chi connectivity index (χ3v) is 4.25. The lowest BCUT2D eigenvalue weighted by Crippen LogP contribution is -2.25. The zero-order chi connectivity index (χ0) is 9.90. The molecule has 1 aliphatic heterocycles. The van der Waals surface area contributed by atoms with Crippen LogP contribution in [0.1, 0.15) is 19.3 Å². The van der Waals surface area contributed by atoms with E-state index in [0.29, 0.717) is 12.2 Å². The van der Waals surface area contributed by atoms with Crippen LogP contribution in [-0.4, -0.2) is 31.6 Å². The molecule has 1 saturated heterocycles. The topological polar surface area (TPSA) is 54.4 Å². The van der Waals surface area contributed by atoms with Crippen molar-refractivity contribution in [2.75, 3.05) is 18.1 Å². The van der Waals surface area contributed by atoms with Gasteiger partial charge in [0, 0.05) is 0 Å². The van der Waals surface area contributed by atoms with Crippen LogP contribution in [-0.2, 0) is 9.84 Å². The lowest BCUT2D eigenvalue weighted by Gasteiger charge is -2.21. The lowest BCUT2D eigenvalue weighted by molar-refractivity contribution is 0.319. The molecule has 0 aromatic carbocycles. The Morgan fingerprint density at radius 2 is 2.23 bits per heavy atom. The lowest BCUT2D eigenvalue weighted by atomic mass is 9.97. The van der Waals surface area contributed by atoms with Crippen LogP contribution in [0, 0.1) is 5.92 Å². The van der Waals surface area contributed by atoms with Crippen molar-refractivity contribution in [3.05, 3.63) is 12.2 Å². The van der Waals surface area contributed by atoms with Crippen LogP contribution in [0.3, 0.4) is 0 Å². The van der Waals surface area contributed by atoms with E-state index in [2.05, 4.69) is 6.58 Å². The molecule has 13 heavy (non-hydrogen) atoms. The van der Waals surface area contributed by atoms with Gasteiger partial charge in [0.15, 0.2) is 9.84 Å². The molecule has 0 aromatic heterocycles. The molecule has 0 amide bonds. The van der Waals surface area contributed by atoms with Crippen LogP contribution >= 0.6 is 0 Å². The average molecular weight is 204 g/mol. The predicted octanol–water partition coefficient (Wildman–Crippen LogP) is 0.750. The van der Waals surface area contributed by atoms with Crippen molar-refractivity contribution in [3.8, 4) is 0 Å². The fourth-order valence-corrected chi connectivity index (χ4v) is 3.53. The van der Waals surface area contributed by atoms with E-state index in [1.165, 1.54) is 0 Å². The highest BCUT2D eigenvalue weighted by Crippen LogP contribution is 2.23. The highest BCUT2D eigenvalue weighted by Gasteiger charge is 2.24. The number of sulfone groups is 1. The Labute approximate surface area is 79.4 Å². The Balaban J connectivity index is 2.48. The Bertz CT molecular complexity index is 279. The second-order valence-corrected chi connectivity index (χ2v) is 5.96. The van der Waals surface area contributed by atoms with Crippen LogP contribution < -0.4 is 0 Å². The summed E-state index contributed by atoms with van der Waals surface area (Å²) < 4.78 is 22.5. The summed E-state index contributed by atoms with van der Waals surface area (Å²) in [4.78, 5) is 0. The van der Waals surface area contributed by atoms with Crippen LogP contribution in [0.25, 0.3) is 0 Å². The third-order valence-electron chi connectivity index (χ3n) is 2.36. The minimum absolute atomic E-state index is 0.0312. The van der Waals surface area contributed by atoms with Gasteiger partial charge in [0.1, 0.15) is 0 Å². The van der Waals surface area contributed by atoms with Crippen molar-refractivity contribution < 1.29 is 13.5 Å². The summed E-state index contributed by atoms with van der Waals surface area (Å²) in [5.74, 6) is 0.777. The van der Waals surface area contributed by atoms with E-state index in [1.54, 1.807) is 0 Å². The number of hydrogen-bond acceptors (Lipinski definition) is 3. The van der Waals surface area contributed by atoms with Crippen molar-refractivity contribution in [2.45, 2.75) is 19.3 Å². The Morgan fingerprint density at radius 3 is 2.77 bits per heavy atom. The highest BCUT2D eigenvalue weighted by atomic mass is 32.2. The van der Waals surface area contributed by atoms with Crippen LogP contribution in [0.4, 0.5) is 0 Å². The molecule has 0 radical (unpaired) electrons. The number of hydrogen-bond donors (Lipinski definition) is 1. The maximum atomic E-state index is 11.2. The van der Waals surface area contributed by atoms with Gasteiger partial charge in [-0.2, -0.15) is 0 Å². The summed E-state index contributed by atoms with van der Waals surface area (Å²) in [7, 11) is -2.81. The van der Waals surface area contributed by atoms with Gasteiger partial charge >= 0.3 is 0 Å². The van der Waals surface area contributed by atoms with Crippen molar-refractivity contribution in [3.63, 3.8) is 0 Å². The van der Waals surface area contributed by atoms with Crippen molar-refractivity contribution in [1.29, 1.82) is 0 Å². The largest absolute Gasteiger partial charge is 0.392 e. The predicted molar refractivity (Wildman–Crippen MR) is 52.2 cm³/mol. The molecule has 0 bridgehead atoms. The zero-order valence-electron chi connectivity index (χ0n) is 7.70. The van der Waals surface area contributed by atoms with Crippen LogP contribution in [0.15, 0.2) is 12.2 Å². The van der Waals surface area contributed by atoms with E-state index in [1.807, 2.05) is 0 Å². The second-order valence-electron chi connectivity index (χ2n) is 3.73. The highest BCUT2D eigenvalue weighted by molar-refractivity contribution is 7.91. The van der Waals surface area contributed by atoms with Crippen molar-refractivity contribution in [1.82, 2.24) is 0 Å². The summed E-state index contributed by atoms with van der Waals surface area (Å²) in [6.45, 7) is 3.64. The molecule has 0 aromatic rings. The number of aliphatic hydroxyl groups is 1. The number of rotatable bonds is 3. The van der Waals surface area contributed by atoms with Gasteiger partial charge in [0.2, 0.25) is 0 Å². The smallest absolute Gasteiger partial charge is 0.150 e. The Kier molecular flexibility index (Phi) is 3.50. The molecule has 76 valence electrons. The van der Waals surface area contributed by atoms with Gasteiger partial charge in [-0.25, -0.2) is 8.42 Å². The first-order valence-electron chi connectivity index (χ1n) is 4.51. The molecule has 1 rings (SSSR count).